The first-order valence-electron chi connectivity index (χ1n) is 7.93. The number of alkyl halides is 2. The normalized spacial score (nSPS) is 11.8. The highest BCUT2D eigenvalue weighted by molar-refractivity contribution is 5.95. The van der Waals surface area contributed by atoms with Crippen LogP contribution in [0.3, 0.4) is 0 Å². The number of carbonyl (C=O) groups excluding carboxylic acids is 1. The highest BCUT2D eigenvalue weighted by Crippen LogP contribution is 2.39. The summed E-state index contributed by atoms with van der Waals surface area (Å²) in [5.41, 5.74) is 6.24. The van der Waals surface area contributed by atoms with Crippen LogP contribution in [0, 0.1) is 5.92 Å². The lowest BCUT2D eigenvalue weighted by atomic mass is 10.0. The maximum Gasteiger partial charge on any atom is 0.387 e. The van der Waals surface area contributed by atoms with Gasteiger partial charge in [0.2, 0.25) is 5.75 Å². The summed E-state index contributed by atoms with van der Waals surface area (Å²) in [5, 5.41) is 0. The lowest BCUT2D eigenvalue weighted by Gasteiger charge is -2.22. The fourth-order valence-electron chi connectivity index (χ4n) is 2.21. The first-order chi connectivity index (χ1) is 11.7. The molecular formula is C17H27ClF2N2O4. The molecule has 9 heteroatoms. The quantitative estimate of drug-likeness (QED) is 0.694. The summed E-state index contributed by atoms with van der Waals surface area (Å²) in [4.78, 5) is 14.1. The van der Waals surface area contributed by atoms with Gasteiger partial charge < -0.3 is 24.8 Å². The Labute approximate surface area is 159 Å². The van der Waals surface area contributed by atoms with Gasteiger partial charge in [-0.25, -0.2) is 0 Å². The second kappa shape index (κ2) is 11.0. The van der Waals surface area contributed by atoms with Gasteiger partial charge in [-0.15, -0.1) is 12.4 Å². The second-order valence-corrected chi connectivity index (χ2v) is 6.01. The van der Waals surface area contributed by atoms with E-state index in [2.05, 4.69) is 4.74 Å². The second-order valence-electron chi connectivity index (χ2n) is 6.01. The molecule has 0 aliphatic carbocycles. The Morgan fingerprint density at radius 2 is 1.69 bits per heavy atom. The molecule has 150 valence electrons. The zero-order valence-electron chi connectivity index (χ0n) is 15.6. The van der Waals surface area contributed by atoms with Gasteiger partial charge in [-0.2, -0.15) is 8.78 Å². The van der Waals surface area contributed by atoms with Crippen molar-refractivity contribution in [2.45, 2.75) is 32.9 Å². The fraction of sp³-hybridized carbons (Fsp3) is 0.588. The van der Waals surface area contributed by atoms with Crippen molar-refractivity contribution in [3.63, 3.8) is 0 Å². The van der Waals surface area contributed by atoms with E-state index >= 15 is 0 Å². The van der Waals surface area contributed by atoms with Crippen molar-refractivity contribution >= 4 is 18.3 Å². The Balaban J connectivity index is 0.00000625. The van der Waals surface area contributed by atoms with Crippen LogP contribution in [0.4, 0.5) is 8.78 Å². The number of hydrogen-bond donors (Lipinski definition) is 1. The standard InChI is InChI=1S/C17H26F2N2O4.ClH/c1-10(2)12(20)6-7-21(3)16(22)11-8-13(23-4)15(25-17(18)19)14(9-11)24-5;/h8-10,12,17H,6-7,20H2,1-5H3;1H. The SMILES string of the molecule is COc1cc(C(=O)N(C)CCC(N)C(C)C)cc(OC)c1OC(F)F.Cl. The highest BCUT2D eigenvalue weighted by atomic mass is 35.5. The molecule has 0 fully saturated rings. The molecule has 2 N–H and O–H groups in total. The Kier molecular flexibility index (Phi) is 10.3. The molecule has 6 nitrogen and oxygen atoms in total. The molecule has 26 heavy (non-hydrogen) atoms. The molecule has 0 heterocycles. The molecule has 0 spiro atoms. The summed E-state index contributed by atoms with van der Waals surface area (Å²) in [6.45, 7) is 1.47. The van der Waals surface area contributed by atoms with Crippen molar-refractivity contribution in [3.05, 3.63) is 17.7 Å². The van der Waals surface area contributed by atoms with E-state index < -0.39 is 6.61 Å². The van der Waals surface area contributed by atoms with Crippen molar-refractivity contribution in [3.8, 4) is 17.2 Å². The third-order valence-electron chi connectivity index (χ3n) is 3.92. The van der Waals surface area contributed by atoms with E-state index in [-0.39, 0.29) is 47.2 Å². The molecule has 0 aliphatic heterocycles. The van der Waals surface area contributed by atoms with Crippen LogP contribution < -0.4 is 19.9 Å². The first kappa shape index (κ1) is 24.2. The van der Waals surface area contributed by atoms with Gasteiger partial charge in [0, 0.05) is 25.2 Å². The number of hydrogen-bond acceptors (Lipinski definition) is 5. The monoisotopic (exact) mass is 396 g/mol. The molecule has 1 aromatic carbocycles. The minimum atomic E-state index is -3.04. The Morgan fingerprint density at radius 3 is 2.08 bits per heavy atom. The van der Waals surface area contributed by atoms with Crippen LogP contribution in [0.5, 0.6) is 17.2 Å². The molecule has 1 aromatic rings. The molecule has 1 unspecified atom stereocenters. The molecule has 0 saturated carbocycles. The average Bonchev–Trinajstić information content (AvgIpc) is 2.57. The summed E-state index contributed by atoms with van der Waals surface area (Å²) in [7, 11) is 4.25. The lowest BCUT2D eigenvalue weighted by Crippen LogP contribution is -2.34. The summed E-state index contributed by atoms with van der Waals surface area (Å²) >= 11 is 0. The maximum absolute atomic E-state index is 12.6. The molecule has 1 atom stereocenters. The van der Waals surface area contributed by atoms with Gasteiger partial charge in [0.05, 0.1) is 14.2 Å². The van der Waals surface area contributed by atoms with E-state index in [1.807, 2.05) is 13.8 Å². The van der Waals surface area contributed by atoms with Gasteiger partial charge in [-0.1, -0.05) is 13.8 Å². The van der Waals surface area contributed by atoms with Crippen molar-refractivity contribution in [1.82, 2.24) is 4.90 Å². The number of benzene rings is 1. The van der Waals surface area contributed by atoms with Gasteiger partial charge in [0.1, 0.15) is 0 Å². The van der Waals surface area contributed by atoms with Crippen molar-refractivity contribution in [1.29, 1.82) is 0 Å². The summed E-state index contributed by atoms with van der Waals surface area (Å²) in [6, 6.07) is 2.68. The fourth-order valence-corrected chi connectivity index (χ4v) is 2.21. The van der Waals surface area contributed by atoms with Crippen LogP contribution in [0.25, 0.3) is 0 Å². The Morgan fingerprint density at radius 1 is 1.19 bits per heavy atom. The number of nitrogens with two attached hydrogens (primary N) is 1. The van der Waals surface area contributed by atoms with Gasteiger partial charge >= 0.3 is 6.61 Å². The number of amides is 1. The number of carbonyl (C=O) groups is 1. The van der Waals surface area contributed by atoms with E-state index in [4.69, 9.17) is 15.2 Å². The summed E-state index contributed by atoms with van der Waals surface area (Å²) < 4.78 is 39.7. The van der Waals surface area contributed by atoms with Crippen LogP contribution in [-0.2, 0) is 0 Å². The van der Waals surface area contributed by atoms with Crippen LogP contribution >= 0.6 is 12.4 Å². The molecule has 0 saturated heterocycles. The molecular weight excluding hydrogens is 370 g/mol. The van der Waals surface area contributed by atoms with Crippen molar-refractivity contribution < 1.29 is 27.8 Å². The zero-order chi connectivity index (χ0) is 19.1. The molecule has 0 radical (unpaired) electrons. The molecule has 1 rings (SSSR count). The third kappa shape index (κ3) is 6.49. The molecule has 0 aliphatic rings. The van der Waals surface area contributed by atoms with E-state index in [0.29, 0.717) is 18.9 Å². The highest BCUT2D eigenvalue weighted by Gasteiger charge is 2.22. The average molecular weight is 397 g/mol. The van der Waals surface area contributed by atoms with Crippen LogP contribution in [0.2, 0.25) is 0 Å². The number of methoxy groups -OCH3 is 2. The van der Waals surface area contributed by atoms with Gasteiger partial charge in [-0.3, -0.25) is 4.79 Å². The van der Waals surface area contributed by atoms with Crippen LogP contribution in [-0.4, -0.2) is 51.3 Å². The van der Waals surface area contributed by atoms with Crippen molar-refractivity contribution in [2.75, 3.05) is 27.8 Å². The maximum atomic E-state index is 12.6. The Bertz CT molecular complexity index is 563. The number of rotatable bonds is 9. The van der Waals surface area contributed by atoms with E-state index in [1.54, 1.807) is 7.05 Å². The Hall–Kier alpha value is -1.80. The topological polar surface area (TPSA) is 74.0 Å². The van der Waals surface area contributed by atoms with Gasteiger partial charge in [0.25, 0.3) is 5.91 Å². The number of halogens is 3. The summed E-state index contributed by atoms with van der Waals surface area (Å²) in [6.07, 6.45) is 0.654. The van der Waals surface area contributed by atoms with Crippen molar-refractivity contribution in [2.24, 2.45) is 11.7 Å². The van der Waals surface area contributed by atoms with E-state index in [1.165, 1.54) is 31.3 Å². The van der Waals surface area contributed by atoms with Crippen LogP contribution in [0.15, 0.2) is 12.1 Å². The predicted molar refractivity (Wildman–Crippen MR) is 97.8 cm³/mol. The minimum absolute atomic E-state index is 0. The van der Waals surface area contributed by atoms with Gasteiger partial charge in [-0.05, 0) is 24.5 Å². The smallest absolute Gasteiger partial charge is 0.387 e. The molecule has 1 amide bonds. The van der Waals surface area contributed by atoms with E-state index in [0.717, 1.165) is 0 Å². The van der Waals surface area contributed by atoms with Crippen LogP contribution in [0.1, 0.15) is 30.6 Å². The lowest BCUT2D eigenvalue weighted by molar-refractivity contribution is -0.0526. The zero-order valence-corrected chi connectivity index (χ0v) is 16.4. The van der Waals surface area contributed by atoms with E-state index in [9.17, 15) is 13.6 Å². The molecule has 0 aromatic heterocycles. The number of nitrogens with zero attached hydrogens (tertiary/aromatic N) is 1. The third-order valence-corrected chi connectivity index (χ3v) is 3.92. The number of ether oxygens (including phenoxy) is 3. The van der Waals surface area contributed by atoms with Gasteiger partial charge in [0.15, 0.2) is 11.5 Å². The largest absolute Gasteiger partial charge is 0.493 e. The molecule has 0 bridgehead atoms. The minimum Gasteiger partial charge on any atom is -0.493 e. The summed E-state index contributed by atoms with van der Waals surface area (Å²) in [5.74, 6) is -0.239. The first-order valence-corrected chi connectivity index (χ1v) is 7.93. The predicted octanol–water partition coefficient (Wildman–Crippen LogP) is 3.17.